The van der Waals surface area contributed by atoms with Crippen LogP contribution in [0.25, 0.3) is 11.1 Å². The maximum atomic E-state index is 14.0. The third-order valence-corrected chi connectivity index (χ3v) is 3.74. The van der Waals surface area contributed by atoms with Crippen molar-refractivity contribution in [1.82, 2.24) is 5.32 Å². The lowest BCUT2D eigenvalue weighted by Gasteiger charge is -2.10. The maximum Gasteiger partial charge on any atom is 0.134 e. The van der Waals surface area contributed by atoms with Crippen LogP contribution in [0.5, 0.6) is 0 Å². The predicted octanol–water partition coefficient (Wildman–Crippen LogP) is 4.33. The summed E-state index contributed by atoms with van der Waals surface area (Å²) in [7, 11) is 0. The molecule has 0 amide bonds. The van der Waals surface area contributed by atoms with Gasteiger partial charge in [0.05, 0.1) is 0 Å². The van der Waals surface area contributed by atoms with E-state index < -0.39 is 17.5 Å². The van der Waals surface area contributed by atoms with Crippen LogP contribution in [-0.4, -0.2) is 6.04 Å². The van der Waals surface area contributed by atoms with Crippen LogP contribution in [0, 0.1) is 24.4 Å². The van der Waals surface area contributed by atoms with E-state index in [1.807, 2.05) is 0 Å². The Bertz CT molecular complexity index is 678. The highest BCUT2D eigenvalue weighted by atomic mass is 19.1. The molecule has 0 bridgehead atoms. The van der Waals surface area contributed by atoms with E-state index in [9.17, 15) is 13.2 Å². The molecule has 0 spiro atoms. The number of hydrogen-bond donors (Lipinski definition) is 1. The van der Waals surface area contributed by atoms with Gasteiger partial charge in [0.1, 0.15) is 17.5 Å². The van der Waals surface area contributed by atoms with E-state index in [1.165, 1.54) is 31.9 Å². The molecule has 0 aliphatic heterocycles. The zero-order valence-corrected chi connectivity index (χ0v) is 11.7. The van der Waals surface area contributed by atoms with Gasteiger partial charge in [0.25, 0.3) is 0 Å². The monoisotopic (exact) mass is 291 g/mol. The van der Waals surface area contributed by atoms with Gasteiger partial charge in [-0.2, -0.15) is 0 Å². The van der Waals surface area contributed by atoms with Gasteiger partial charge < -0.3 is 5.32 Å². The van der Waals surface area contributed by atoms with E-state index >= 15 is 0 Å². The molecule has 1 aliphatic carbocycles. The Balaban J connectivity index is 1.96. The molecule has 0 unspecified atom stereocenters. The Morgan fingerprint density at radius 2 is 1.67 bits per heavy atom. The van der Waals surface area contributed by atoms with Crippen LogP contribution >= 0.6 is 0 Å². The van der Waals surface area contributed by atoms with Crippen LogP contribution in [0.15, 0.2) is 30.3 Å². The van der Waals surface area contributed by atoms with Gasteiger partial charge in [-0.05, 0) is 49.1 Å². The number of hydrogen-bond acceptors (Lipinski definition) is 1. The first-order valence-electron chi connectivity index (χ1n) is 7.02. The molecule has 0 heterocycles. The second kappa shape index (κ2) is 5.53. The molecule has 110 valence electrons. The topological polar surface area (TPSA) is 12.0 Å². The van der Waals surface area contributed by atoms with Gasteiger partial charge in [0.15, 0.2) is 0 Å². The summed E-state index contributed by atoms with van der Waals surface area (Å²) in [6.45, 7) is 2.16. The van der Waals surface area contributed by atoms with Crippen molar-refractivity contribution in [1.29, 1.82) is 0 Å². The molecular formula is C17H16F3N. The summed E-state index contributed by atoms with van der Waals surface area (Å²) in [4.78, 5) is 0. The molecule has 1 aliphatic rings. The van der Waals surface area contributed by atoms with E-state index in [0.717, 1.165) is 11.6 Å². The average Bonchev–Trinajstić information content (AvgIpc) is 3.26. The molecule has 0 atom stereocenters. The first-order chi connectivity index (χ1) is 10.0. The van der Waals surface area contributed by atoms with E-state index in [2.05, 4.69) is 5.32 Å². The highest BCUT2D eigenvalue weighted by Crippen LogP contribution is 2.29. The lowest BCUT2D eigenvalue weighted by atomic mass is 9.99. The van der Waals surface area contributed by atoms with Crippen molar-refractivity contribution in [2.24, 2.45) is 0 Å². The number of halogens is 3. The molecule has 3 rings (SSSR count). The average molecular weight is 291 g/mol. The minimum Gasteiger partial charge on any atom is -0.310 e. The number of nitrogens with one attached hydrogen (secondary N) is 1. The molecule has 0 saturated heterocycles. The van der Waals surface area contributed by atoms with Crippen LogP contribution in [-0.2, 0) is 6.54 Å². The van der Waals surface area contributed by atoms with Gasteiger partial charge in [-0.15, -0.1) is 0 Å². The predicted molar refractivity (Wildman–Crippen MR) is 76.4 cm³/mol. The van der Waals surface area contributed by atoms with E-state index in [1.54, 1.807) is 12.1 Å². The Kier molecular flexibility index (Phi) is 3.72. The fraction of sp³-hybridized carbons (Fsp3) is 0.294. The maximum absolute atomic E-state index is 14.0. The van der Waals surface area contributed by atoms with Gasteiger partial charge in [-0.3, -0.25) is 0 Å². The van der Waals surface area contributed by atoms with Crippen LogP contribution in [0.3, 0.4) is 0 Å². The van der Waals surface area contributed by atoms with Gasteiger partial charge in [0.2, 0.25) is 0 Å². The number of aryl methyl sites for hydroxylation is 1. The molecule has 2 aromatic carbocycles. The van der Waals surface area contributed by atoms with Crippen LogP contribution in [0.4, 0.5) is 13.2 Å². The highest BCUT2D eigenvalue weighted by molar-refractivity contribution is 5.66. The van der Waals surface area contributed by atoms with Crippen molar-refractivity contribution in [3.05, 3.63) is 58.9 Å². The lowest BCUT2D eigenvalue weighted by molar-refractivity contribution is 0.577. The minimum absolute atomic E-state index is 0.0969. The SMILES string of the molecule is Cc1cc(-c2cc(CNC3CC3)ccc2F)c(F)cc1F. The quantitative estimate of drug-likeness (QED) is 0.884. The van der Waals surface area contributed by atoms with E-state index in [-0.39, 0.29) is 11.1 Å². The largest absolute Gasteiger partial charge is 0.310 e. The van der Waals surface area contributed by atoms with Crippen molar-refractivity contribution in [3.63, 3.8) is 0 Å². The lowest BCUT2D eigenvalue weighted by Crippen LogP contribution is -2.15. The molecule has 1 N–H and O–H groups in total. The first-order valence-corrected chi connectivity index (χ1v) is 7.02. The molecule has 2 aromatic rings. The summed E-state index contributed by atoms with van der Waals surface area (Å²) in [5, 5.41) is 3.33. The zero-order chi connectivity index (χ0) is 15.0. The molecule has 0 aromatic heterocycles. The van der Waals surface area contributed by atoms with Crippen molar-refractivity contribution in [2.75, 3.05) is 0 Å². The normalized spacial score (nSPS) is 14.5. The van der Waals surface area contributed by atoms with Crippen LogP contribution in [0.2, 0.25) is 0 Å². The van der Waals surface area contributed by atoms with Gasteiger partial charge in [0, 0.05) is 29.8 Å². The van der Waals surface area contributed by atoms with Gasteiger partial charge in [-0.1, -0.05) is 6.07 Å². The minimum atomic E-state index is -0.746. The third kappa shape index (κ3) is 3.10. The van der Waals surface area contributed by atoms with E-state index in [4.69, 9.17) is 0 Å². The highest BCUT2D eigenvalue weighted by Gasteiger charge is 2.20. The zero-order valence-electron chi connectivity index (χ0n) is 11.7. The summed E-state index contributed by atoms with van der Waals surface area (Å²) in [6.07, 6.45) is 2.33. The Hall–Kier alpha value is -1.81. The van der Waals surface area contributed by atoms with E-state index in [0.29, 0.717) is 18.2 Å². The Labute approximate surface area is 121 Å². The fourth-order valence-corrected chi connectivity index (χ4v) is 2.30. The Morgan fingerprint density at radius 3 is 2.38 bits per heavy atom. The second-order valence-electron chi connectivity index (χ2n) is 5.55. The summed E-state index contributed by atoms with van der Waals surface area (Å²) in [5.74, 6) is -1.87. The molecule has 1 saturated carbocycles. The van der Waals surface area contributed by atoms with Crippen molar-refractivity contribution in [2.45, 2.75) is 32.4 Å². The molecule has 21 heavy (non-hydrogen) atoms. The summed E-state index contributed by atoms with van der Waals surface area (Å²) in [6, 6.07) is 7.34. The van der Waals surface area contributed by atoms with Crippen LogP contribution in [0.1, 0.15) is 24.0 Å². The standard InChI is InChI=1S/C17H16F3N/c1-10-6-13(17(20)8-16(10)19)14-7-11(2-5-15(14)18)9-21-12-3-4-12/h2,5-8,12,21H,3-4,9H2,1H3. The smallest absolute Gasteiger partial charge is 0.134 e. The fourth-order valence-electron chi connectivity index (χ4n) is 2.30. The van der Waals surface area contributed by atoms with Crippen molar-refractivity contribution >= 4 is 0 Å². The number of benzene rings is 2. The van der Waals surface area contributed by atoms with Gasteiger partial charge in [-0.25, -0.2) is 13.2 Å². The molecule has 1 fully saturated rings. The number of rotatable bonds is 4. The third-order valence-electron chi connectivity index (χ3n) is 3.74. The molecule has 4 heteroatoms. The first kappa shape index (κ1) is 14.1. The van der Waals surface area contributed by atoms with Gasteiger partial charge >= 0.3 is 0 Å². The molecular weight excluding hydrogens is 275 g/mol. The Morgan fingerprint density at radius 1 is 0.952 bits per heavy atom. The second-order valence-corrected chi connectivity index (χ2v) is 5.55. The van der Waals surface area contributed by atoms with Crippen LogP contribution < -0.4 is 5.32 Å². The summed E-state index contributed by atoms with van der Waals surface area (Å²) >= 11 is 0. The molecule has 0 radical (unpaired) electrons. The summed E-state index contributed by atoms with van der Waals surface area (Å²) < 4.78 is 41.3. The van der Waals surface area contributed by atoms with Crippen molar-refractivity contribution < 1.29 is 13.2 Å². The van der Waals surface area contributed by atoms with Crippen molar-refractivity contribution in [3.8, 4) is 11.1 Å². The summed E-state index contributed by atoms with van der Waals surface area (Å²) in [5.41, 5.74) is 1.46. The molecule has 1 nitrogen and oxygen atoms in total.